The number of ether oxygens (including phenoxy) is 1. The van der Waals surface area contributed by atoms with E-state index in [1.165, 1.54) is 19.4 Å². The third kappa shape index (κ3) is 60.3. The lowest BCUT2D eigenvalue weighted by Crippen LogP contribution is -2.04. The Hall–Kier alpha value is -2.35. The number of carboxylic acid groups (broad SMARTS) is 1. The van der Waals surface area contributed by atoms with Crippen LogP contribution in [0.1, 0.15) is 59.8 Å². The normalized spacial score (nSPS) is 8.29. The second-order valence-corrected chi connectivity index (χ2v) is 5.62. The summed E-state index contributed by atoms with van der Waals surface area (Å²) >= 11 is 0. The first-order valence-electron chi connectivity index (χ1n) is 7.61. The smallest absolute Gasteiger partial charge is 0.307 e. The van der Waals surface area contributed by atoms with E-state index in [1.54, 1.807) is 6.07 Å². The van der Waals surface area contributed by atoms with E-state index >= 15 is 0 Å². The van der Waals surface area contributed by atoms with E-state index in [4.69, 9.17) is 10.4 Å². The lowest BCUT2D eigenvalue weighted by Gasteiger charge is -2.17. The Morgan fingerprint density at radius 3 is 1.83 bits per heavy atom. The number of esters is 1. The Bertz CT molecular complexity index is 376. The zero-order valence-electron chi connectivity index (χ0n) is 15.6. The summed E-state index contributed by atoms with van der Waals surface area (Å²) in [6.45, 7) is 20.2. The molecular formula is C19H33NO4. The van der Waals surface area contributed by atoms with Crippen molar-refractivity contribution in [3.8, 4) is 6.07 Å². The van der Waals surface area contributed by atoms with Crippen LogP contribution in [0.25, 0.3) is 0 Å². The lowest BCUT2D eigenvalue weighted by molar-refractivity contribution is -0.137. The summed E-state index contributed by atoms with van der Waals surface area (Å²) in [5.41, 5.74) is 0.392. The minimum atomic E-state index is -0.675. The van der Waals surface area contributed by atoms with Crippen molar-refractivity contribution in [2.75, 3.05) is 0 Å². The highest BCUT2D eigenvalue weighted by molar-refractivity contribution is 5.66. The second kappa shape index (κ2) is 22.9. The summed E-state index contributed by atoms with van der Waals surface area (Å²) < 4.78 is 4.17. The number of unbranched alkanes of at least 4 members (excludes halogenated alkanes) is 2. The van der Waals surface area contributed by atoms with Crippen LogP contribution in [0.4, 0.5) is 0 Å². The first-order valence-corrected chi connectivity index (χ1v) is 7.61. The molecule has 0 saturated carbocycles. The van der Waals surface area contributed by atoms with E-state index < -0.39 is 5.97 Å². The molecule has 0 fully saturated rings. The summed E-state index contributed by atoms with van der Waals surface area (Å²) in [5.74, 6) is -1.00. The first-order chi connectivity index (χ1) is 11.1. The maximum absolute atomic E-state index is 10.2. The molecule has 5 heteroatoms. The number of nitrogens with zero attached hydrogens (tertiary/aromatic N) is 1. The van der Waals surface area contributed by atoms with Gasteiger partial charge in [-0.3, -0.25) is 9.59 Å². The van der Waals surface area contributed by atoms with E-state index in [-0.39, 0.29) is 5.97 Å². The average Bonchev–Trinajstić information content (AvgIpc) is 2.48. The zero-order chi connectivity index (χ0) is 20.0. The molecule has 1 N–H and O–H groups in total. The highest BCUT2D eigenvalue weighted by Crippen LogP contribution is 2.22. The van der Waals surface area contributed by atoms with Gasteiger partial charge in [-0.2, -0.15) is 5.26 Å². The fourth-order valence-electron chi connectivity index (χ4n) is 1.23. The Balaban J connectivity index is -0.000000139. The maximum atomic E-state index is 10.2. The molecule has 0 rings (SSSR count). The highest BCUT2D eigenvalue weighted by Gasteiger charge is 2.08. The zero-order valence-corrected chi connectivity index (χ0v) is 15.6. The van der Waals surface area contributed by atoms with Crippen LogP contribution in [0.2, 0.25) is 0 Å². The lowest BCUT2D eigenvalue weighted by atomic mass is 9.89. The van der Waals surface area contributed by atoms with E-state index in [1.807, 2.05) is 0 Å². The molecule has 0 aromatic heterocycles. The van der Waals surface area contributed by atoms with Crippen molar-refractivity contribution in [2.24, 2.45) is 5.41 Å². The van der Waals surface area contributed by atoms with Crippen molar-refractivity contribution in [1.82, 2.24) is 0 Å². The van der Waals surface area contributed by atoms with Gasteiger partial charge in [0.15, 0.2) is 0 Å². The van der Waals surface area contributed by atoms with Crippen LogP contribution in [-0.2, 0) is 14.3 Å². The quantitative estimate of drug-likeness (QED) is 0.234. The minimum absolute atomic E-state index is 0.324. The van der Waals surface area contributed by atoms with Gasteiger partial charge in [-0.1, -0.05) is 46.8 Å². The van der Waals surface area contributed by atoms with E-state index in [9.17, 15) is 9.59 Å². The highest BCUT2D eigenvalue weighted by atomic mass is 16.5. The van der Waals surface area contributed by atoms with Crippen molar-refractivity contribution in [2.45, 2.75) is 59.8 Å². The molecule has 138 valence electrons. The number of carboxylic acids is 1. The fraction of sp³-hybridized carbons (Fsp3) is 0.526. The Morgan fingerprint density at radius 1 is 1.17 bits per heavy atom. The van der Waals surface area contributed by atoms with Crippen LogP contribution >= 0.6 is 0 Å². The number of rotatable bonds is 6. The Labute approximate surface area is 147 Å². The molecule has 0 radical (unpaired) electrons. The van der Waals surface area contributed by atoms with Crippen molar-refractivity contribution >= 4 is 11.9 Å². The van der Waals surface area contributed by atoms with Gasteiger partial charge in [-0.15, -0.1) is 13.2 Å². The molecule has 0 unspecified atom stereocenters. The summed E-state index contributed by atoms with van der Waals surface area (Å²) in [5, 5.41) is 15.9. The first kappa shape index (κ1) is 29.6. The summed E-state index contributed by atoms with van der Waals surface area (Å²) in [7, 11) is 0. The van der Waals surface area contributed by atoms with Gasteiger partial charge in [-0.05, 0) is 18.3 Å². The fourth-order valence-corrected chi connectivity index (χ4v) is 1.23. The molecule has 0 amide bonds. The number of allylic oxidation sites excluding steroid dienone is 1. The molecule has 0 aromatic rings. The van der Waals surface area contributed by atoms with E-state index in [0.29, 0.717) is 11.8 Å². The van der Waals surface area contributed by atoms with Gasteiger partial charge in [0.1, 0.15) is 0 Å². The van der Waals surface area contributed by atoms with Crippen LogP contribution in [0, 0.1) is 16.7 Å². The molecular weight excluding hydrogens is 306 g/mol. The number of aliphatic carboxylic acids is 1. The molecule has 0 aliphatic heterocycles. The van der Waals surface area contributed by atoms with Gasteiger partial charge in [0, 0.05) is 19.4 Å². The van der Waals surface area contributed by atoms with Gasteiger partial charge in [-0.25, -0.2) is 0 Å². The largest absolute Gasteiger partial charge is 0.481 e. The third-order valence-electron chi connectivity index (χ3n) is 2.16. The molecule has 0 aromatic carbocycles. The van der Waals surface area contributed by atoms with E-state index in [0.717, 1.165) is 25.5 Å². The number of carbonyl (C=O) groups excluding carboxylic acids is 1. The van der Waals surface area contributed by atoms with Crippen LogP contribution in [0.3, 0.4) is 0 Å². The van der Waals surface area contributed by atoms with Crippen LogP contribution in [-0.4, -0.2) is 17.0 Å². The van der Waals surface area contributed by atoms with Gasteiger partial charge in [0.25, 0.3) is 0 Å². The molecule has 0 bridgehead atoms. The molecule has 5 nitrogen and oxygen atoms in total. The topological polar surface area (TPSA) is 87.4 Å². The standard InChI is InChI=1S/C10H20O2.C4H6O2.C3H3N.C2H4/c1-10(2,3)8-6-4-5-7-9(11)12;1-3-6-4(2)5;1-2-3-4;1-2/h4-8H2,1-3H3,(H,11,12);3H,1H2,2H3;2H,1H2;1-2H2. The molecule has 0 spiro atoms. The number of hydrogen-bond donors (Lipinski definition) is 1. The monoisotopic (exact) mass is 339 g/mol. The molecule has 0 aliphatic rings. The molecule has 24 heavy (non-hydrogen) atoms. The predicted molar refractivity (Wildman–Crippen MR) is 99.2 cm³/mol. The van der Waals surface area contributed by atoms with Crippen molar-refractivity contribution < 1.29 is 19.4 Å². The van der Waals surface area contributed by atoms with Crippen molar-refractivity contribution in [3.05, 3.63) is 38.7 Å². The minimum Gasteiger partial charge on any atom is -0.481 e. The summed E-state index contributed by atoms with van der Waals surface area (Å²) in [6.07, 6.45) is 6.81. The average molecular weight is 339 g/mol. The number of hydrogen-bond acceptors (Lipinski definition) is 4. The Kier molecular flexibility index (Phi) is 28.3. The van der Waals surface area contributed by atoms with Gasteiger partial charge < -0.3 is 9.84 Å². The van der Waals surface area contributed by atoms with Gasteiger partial charge in [0.2, 0.25) is 0 Å². The molecule has 0 atom stereocenters. The number of nitriles is 1. The van der Waals surface area contributed by atoms with Crippen LogP contribution in [0.15, 0.2) is 38.7 Å². The van der Waals surface area contributed by atoms with E-state index in [2.05, 4.69) is 51.8 Å². The second-order valence-electron chi connectivity index (χ2n) is 5.62. The third-order valence-corrected chi connectivity index (χ3v) is 2.16. The van der Waals surface area contributed by atoms with Gasteiger partial charge >= 0.3 is 11.9 Å². The summed E-state index contributed by atoms with van der Waals surface area (Å²) in [4.78, 5) is 19.9. The predicted octanol–water partition coefficient (Wildman–Crippen LogP) is 5.26. The molecule has 0 saturated heterocycles. The number of carbonyl (C=O) groups is 2. The Morgan fingerprint density at radius 2 is 1.62 bits per heavy atom. The molecule has 0 heterocycles. The SMILES string of the molecule is C=C.C=CC#N.C=COC(C)=O.CC(C)(C)CCCCCC(=O)O. The molecule has 0 aliphatic carbocycles. The van der Waals surface area contributed by atoms with Crippen LogP contribution in [0.5, 0.6) is 0 Å². The van der Waals surface area contributed by atoms with Crippen molar-refractivity contribution in [1.29, 1.82) is 5.26 Å². The maximum Gasteiger partial charge on any atom is 0.307 e. The summed E-state index contributed by atoms with van der Waals surface area (Å²) in [6, 6.07) is 1.69. The van der Waals surface area contributed by atoms with Crippen LogP contribution < -0.4 is 0 Å². The van der Waals surface area contributed by atoms with Gasteiger partial charge in [0.05, 0.1) is 12.3 Å². The van der Waals surface area contributed by atoms with Crippen molar-refractivity contribution in [3.63, 3.8) is 0 Å².